The summed E-state index contributed by atoms with van der Waals surface area (Å²) in [5, 5.41) is 3.20. The fourth-order valence-electron chi connectivity index (χ4n) is 9.21. The van der Waals surface area contributed by atoms with Crippen molar-refractivity contribution in [2.45, 2.75) is 85.2 Å². The number of hydrogen-bond acceptors (Lipinski definition) is 12. The number of ketones is 2. The number of anilines is 1. The van der Waals surface area contributed by atoms with E-state index in [1.807, 2.05) is 27.7 Å². The van der Waals surface area contributed by atoms with Crippen LogP contribution in [0.3, 0.4) is 0 Å². The molecule has 334 valence electrons. The average molecular weight is 863 g/mol. The molecule has 0 bridgehead atoms. The van der Waals surface area contributed by atoms with E-state index >= 15 is 13.2 Å². The SMILES string of the molecule is CCOC(=O)C1=C(COCCN)N(c2ccc(C3C4=C(CC(C)(C)CC4=O)NC(COCCN)=C3C(=O)OCC)c(C(F)(F)F)c2)C2=C(C(=O)CC(C)(C)C2)C1c1ccccc1. The Labute approximate surface area is 360 Å². The van der Waals surface area contributed by atoms with E-state index in [9.17, 15) is 19.2 Å². The zero-order valence-electron chi connectivity index (χ0n) is 36.3. The normalized spacial score (nSPS) is 21.2. The standard InChI is InChI=1S/C47H57F3N4O8/c1-7-61-43(57)40-32(25-59-18-16-51)53-31-21-45(3,4)23-35(55)39(31)38(40)29-15-14-28(20-30(29)47(48,49)50)54-33-22-46(5,6)24-36(56)41(33)37(27-12-10-9-11-13-27)42(44(58)62-8-2)34(54)26-60-19-17-52/h9-15,20,37-38,53H,7-8,16-19,21-26,51-52H2,1-6H3. The number of nitrogens with two attached hydrogens (primary N) is 2. The molecule has 0 fully saturated rings. The lowest BCUT2D eigenvalue weighted by atomic mass is 9.67. The van der Waals surface area contributed by atoms with Gasteiger partial charge in [0.05, 0.1) is 67.7 Å². The Hall–Kier alpha value is -5.09. The number of benzene rings is 2. The minimum Gasteiger partial charge on any atom is -0.463 e. The summed E-state index contributed by atoms with van der Waals surface area (Å²) in [4.78, 5) is 58.5. The number of ether oxygens (including phenoxy) is 4. The van der Waals surface area contributed by atoms with Crippen molar-refractivity contribution in [3.63, 3.8) is 0 Å². The van der Waals surface area contributed by atoms with Crippen molar-refractivity contribution in [3.8, 4) is 0 Å². The Morgan fingerprint density at radius 2 is 1.35 bits per heavy atom. The lowest BCUT2D eigenvalue weighted by molar-refractivity contribution is -0.140. The second-order valence-electron chi connectivity index (χ2n) is 17.5. The van der Waals surface area contributed by atoms with Crippen molar-refractivity contribution in [2.75, 3.05) is 57.6 Å². The molecule has 0 spiro atoms. The van der Waals surface area contributed by atoms with Gasteiger partial charge in [0.15, 0.2) is 11.6 Å². The fourth-order valence-corrected chi connectivity index (χ4v) is 9.21. The molecular formula is C47H57F3N4O8. The van der Waals surface area contributed by atoms with E-state index < -0.39 is 52.1 Å². The summed E-state index contributed by atoms with van der Waals surface area (Å²) in [6, 6.07) is 12.7. The predicted molar refractivity (Wildman–Crippen MR) is 226 cm³/mol. The molecule has 0 radical (unpaired) electrons. The smallest absolute Gasteiger partial charge is 0.416 e. The zero-order chi connectivity index (χ0) is 45.1. The number of nitrogens with zero attached hydrogens (tertiary/aromatic N) is 1. The first-order chi connectivity index (χ1) is 29.4. The molecule has 2 heterocycles. The van der Waals surface area contributed by atoms with Crippen LogP contribution in [0.15, 0.2) is 93.6 Å². The summed E-state index contributed by atoms with van der Waals surface area (Å²) >= 11 is 0. The molecule has 2 aromatic carbocycles. The van der Waals surface area contributed by atoms with Crippen LogP contribution in [0, 0.1) is 10.8 Å². The minimum atomic E-state index is -5.05. The van der Waals surface area contributed by atoms with Crippen molar-refractivity contribution < 1.29 is 51.3 Å². The van der Waals surface area contributed by atoms with E-state index in [0.29, 0.717) is 23.4 Å². The highest BCUT2D eigenvalue weighted by molar-refractivity contribution is 6.06. The van der Waals surface area contributed by atoms with Gasteiger partial charge in [0, 0.05) is 66.0 Å². The van der Waals surface area contributed by atoms with E-state index in [1.165, 1.54) is 17.0 Å². The maximum atomic E-state index is 16.0. The molecule has 2 atom stereocenters. The summed E-state index contributed by atoms with van der Waals surface area (Å²) in [6.45, 7) is 10.7. The van der Waals surface area contributed by atoms with E-state index in [-0.39, 0.29) is 123 Å². The van der Waals surface area contributed by atoms with Crippen LogP contribution in [0.2, 0.25) is 0 Å². The first kappa shape index (κ1) is 46.4. The van der Waals surface area contributed by atoms with Crippen LogP contribution in [0.25, 0.3) is 0 Å². The number of carbonyl (C=O) groups excluding carboxylic acids is 4. The molecule has 12 nitrogen and oxygen atoms in total. The third-order valence-electron chi connectivity index (χ3n) is 11.5. The summed E-state index contributed by atoms with van der Waals surface area (Å²) in [6.07, 6.45) is -4.32. The molecule has 2 aromatic rings. The lowest BCUT2D eigenvalue weighted by Crippen LogP contribution is -2.43. The quantitative estimate of drug-likeness (QED) is 0.126. The van der Waals surface area contributed by atoms with Crippen LogP contribution < -0.4 is 21.7 Å². The Morgan fingerprint density at radius 3 is 1.95 bits per heavy atom. The number of esters is 2. The second kappa shape index (κ2) is 18.7. The van der Waals surface area contributed by atoms with Gasteiger partial charge in [-0.25, -0.2) is 9.59 Å². The number of dihydropyridines is 1. The first-order valence-corrected chi connectivity index (χ1v) is 21.1. The van der Waals surface area contributed by atoms with Crippen molar-refractivity contribution in [2.24, 2.45) is 22.3 Å². The van der Waals surface area contributed by atoms with Crippen LogP contribution in [-0.4, -0.2) is 76.2 Å². The Balaban J connectivity index is 1.68. The third kappa shape index (κ3) is 9.46. The predicted octanol–water partition coefficient (Wildman–Crippen LogP) is 6.87. The topological polar surface area (TPSA) is 173 Å². The number of allylic oxidation sites excluding steroid dienone is 4. The van der Waals surface area contributed by atoms with Gasteiger partial charge in [-0.3, -0.25) is 9.59 Å². The van der Waals surface area contributed by atoms with Gasteiger partial charge >= 0.3 is 18.1 Å². The molecule has 0 saturated heterocycles. The van der Waals surface area contributed by atoms with Crippen molar-refractivity contribution >= 4 is 29.2 Å². The molecule has 2 aliphatic heterocycles. The Morgan fingerprint density at radius 1 is 0.774 bits per heavy atom. The molecule has 0 saturated carbocycles. The molecular weight excluding hydrogens is 806 g/mol. The lowest BCUT2D eigenvalue weighted by Gasteiger charge is -2.45. The zero-order valence-corrected chi connectivity index (χ0v) is 36.3. The maximum Gasteiger partial charge on any atom is 0.416 e. The third-order valence-corrected chi connectivity index (χ3v) is 11.5. The first-order valence-electron chi connectivity index (χ1n) is 21.1. The number of carbonyl (C=O) groups is 4. The number of alkyl halides is 3. The largest absolute Gasteiger partial charge is 0.463 e. The van der Waals surface area contributed by atoms with Gasteiger partial charge in [-0.1, -0.05) is 64.1 Å². The van der Waals surface area contributed by atoms with Crippen molar-refractivity contribution in [3.05, 3.63) is 110 Å². The molecule has 0 aromatic heterocycles. The highest BCUT2D eigenvalue weighted by Crippen LogP contribution is 2.54. The molecule has 6 rings (SSSR count). The number of halogens is 3. The highest BCUT2D eigenvalue weighted by atomic mass is 19.4. The molecule has 0 amide bonds. The average Bonchev–Trinajstić information content (AvgIpc) is 3.19. The molecule has 2 unspecified atom stereocenters. The van der Waals surface area contributed by atoms with Crippen LogP contribution in [0.4, 0.5) is 18.9 Å². The van der Waals surface area contributed by atoms with E-state index in [4.69, 9.17) is 30.4 Å². The van der Waals surface area contributed by atoms with Gasteiger partial charge in [-0.05, 0) is 60.8 Å². The second-order valence-corrected chi connectivity index (χ2v) is 17.5. The number of Topliss-reactive ketones (excluding diaryl/α,β-unsaturated/α-hetero) is 2. The van der Waals surface area contributed by atoms with Gasteiger partial charge in [-0.15, -0.1) is 0 Å². The van der Waals surface area contributed by atoms with Gasteiger partial charge in [0.2, 0.25) is 0 Å². The highest BCUT2D eigenvalue weighted by Gasteiger charge is 2.50. The fraction of sp³-hybridized carbons (Fsp3) is 0.489. The van der Waals surface area contributed by atoms with Crippen LogP contribution in [-0.2, 0) is 44.3 Å². The molecule has 62 heavy (non-hydrogen) atoms. The summed E-state index contributed by atoms with van der Waals surface area (Å²) in [5.41, 5.74) is 10.8. The molecule has 4 aliphatic rings. The minimum absolute atomic E-state index is 0.0138. The van der Waals surface area contributed by atoms with Crippen molar-refractivity contribution in [1.82, 2.24) is 5.32 Å². The number of hydrogen-bond donors (Lipinski definition) is 3. The molecule has 5 N–H and O–H groups in total. The van der Waals surface area contributed by atoms with E-state index in [1.54, 1.807) is 44.2 Å². The van der Waals surface area contributed by atoms with Crippen LogP contribution >= 0.6 is 0 Å². The monoisotopic (exact) mass is 862 g/mol. The van der Waals surface area contributed by atoms with Crippen LogP contribution in [0.5, 0.6) is 0 Å². The van der Waals surface area contributed by atoms with E-state index in [2.05, 4.69) is 5.32 Å². The summed E-state index contributed by atoms with van der Waals surface area (Å²) < 4.78 is 70.8. The molecule has 15 heteroatoms. The summed E-state index contributed by atoms with van der Waals surface area (Å²) in [5.74, 6) is -4.73. The van der Waals surface area contributed by atoms with Crippen LogP contribution in [0.1, 0.15) is 95.8 Å². The van der Waals surface area contributed by atoms with E-state index in [0.717, 1.165) is 6.07 Å². The Bertz CT molecular complexity index is 2220. The van der Waals surface area contributed by atoms with Gasteiger partial charge < -0.3 is 40.6 Å². The molecule has 2 aliphatic carbocycles. The summed E-state index contributed by atoms with van der Waals surface area (Å²) in [7, 11) is 0. The Kier molecular flexibility index (Phi) is 14.0. The van der Waals surface area contributed by atoms with Gasteiger partial charge in [0.25, 0.3) is 0 Å². The van der Waals surface area contributed by atoms with Gasteiger partial charge in [0.1, 0.15) is 0 Å². The van der Waals surface area contributed by atoms with Crippen molar-refractivity contribution in [1.29, 1.82) is 0 Å². The van der Waals surface area contributed by atoms with Gasteiger partial charge in [-0.2, -0.15) is 13.2 Å². The number of rotatable bonds is 15. The number of nitrogens with one attached hydrogen (secondary N) is 1. The maximum absolute atomic E-state index is 16.0.